The monoisotopic (exact) mass is 428 g/mol. The fourth-order valence-corrected chi connectivity index (χ4v) is 5.99. The minimum Gasteiger partial charge on any atom is -0.497 e. The third-order valence-corrected chi connectivity index (χ3v) is 8.02. The van der Waals surface area contributed by atoms with E-state index in [-0.39, 0.29) is 29.3 Å². The lowest BCUT2D eigenvalue weighted by Gasteiger charge is -2.33. The van der Waals surface area contributed by atoms with Crippen molar-refractivity contribution in [2.75, 3.05) is 20.2 Å². The zero-order valence-corrected chi connectivity index (χ0v) is 18.0. The Morgan fingerprint density at radius 2 is 1.83 bits per heavy atom. The summed E-state index contributed by atoms with van der Waals surface area (Å²) in [6.45, 7) is 0.652. The maximum absolute atomic E-state index is 13.1. The molecule has 2 aliphatic rings. The summed E-state index contributed by atoms with van der Waals surface area (Å²) in [5.74, 6) is 0.227. The van der Waals surface area contributed by atoms with Crippen molar-refractivity contribution < 1.29 is 17.9 Å². The van der Waals surface area contributed by atoms with Crippen LogP contribution in [-0.4, -0.2) is 38.8 Å². The van der Waals surface area contributed by atoms with Gasteiger partial charge in [0.1, 0.15) is 5.75 Å². The van der Waals surface area contributed by atoms with Crippen LogP contribution in [0, 0.1) is 5.92 Å². The van der Waals surface area contributed by atoms with E-state index < -0.39 is 10.0 Å². The van der Waals surface area contributed by atoms with E-state index in [1.165, 1.54) is 15.4 Å². The van der Waals surface area contributed by atoms with E-state index in [0.717, 1.165) is 19.3 Å². The minimum atomic E-state index is -3.64. The van der Waals surface area contributed by atoms with E-state index in [0.29, 0.717) is 25.1 Å². The van der Waals surface area contributed by atoms with E-state index in [4.69, 9.17) is 4.74 Å². The lowest BCUT2D eigenvalue weighted by molar-refractivity contribution is -0.127. The molecule has 1 aliphatic heterocycles. The lowest BCUT2D eigenvalue weighted by Crippen LogP contribution is -2.46. The Kier molecular flexibility index (Phi) is 6.11. The van der Waals surface area contributed by atoms with Crippen LogP contribution in [0.5, 0.6) is 5.75 Å². The Labute approximate surface area is 178 Å². The molecule has 0 radical (unpaired) electrons. The highest BCUT2D eigenvalue weighted by Crippen LogP contribution is 2.31. The van der Waals surface area contributed by atoms with Gasteiger partial charge in [-0.25, -0.2) is 8.42 Å². The molecule has 1 aliphatic carbocycles. The second-order valence-corrected chi connectivity index (χ2v) is 9.97. The van der Waals surface area contributed by atoms with Gasteiger partial charge in [-0.2, -0.15) is 4.31 Å². The van der Waals surface area contributed by atoms with Gasteiger partial charge in [0, 0.05) is 13.1 Å². The number of sulfonamides is 1. The van der Waals surface area contributed by atoms with Crippen LogP contribution in [0.25, 0.3) is 0 Å². The molecule has 1 N–H and O–H groups in total. The third kappa shape index (κ3) is 4.23. The van der Waals surface area contributed by atoms with Crippen molar-refractivity contribution in [3.8, 4) is 5.75 Å². The summed E-state index contributed by atoms with van der Waals surface area (Å²) in [7, 11) is -2.09. The summed E-state index contributed by atoms with van der Waals surface area (Å²) in [6, 6.07) is 14.6. The second kappa shape index (κ2) is 8.78. The van der Waals surface area contributed by atoms with E-state index in [2.05, 4.69) is 17.4 Å². The van der Waals surface area contributed by atoms with Crippen LogP contribution >= 0.6 is 0 Å². The molecule has 7 heteroatoms. The van der Waals surface area contributed by atoms with Gasteiger partial charge in [0.25, 0.3) is 0 Å². The van der Waals surface area contributed by atoms with Crippen LogP contribution in [0.4, 0.5) is 0 Å². The van der Waals surface area contributed by atoms with Gasteiger partial charge in [0.15, 0.2) is 0 Å². The molecule has 1 amide bonds. The van der Waals surface area contributed by atoms with E-state index in [9.17, 15) is 13.2 Å². The highest BCUT2D eigenvalue weighted by molar-refractivity contribution is 7.89. The Morgan fingerprint density at radius 1 is 1.07 bits per heavy atom. The molecule has 30 heavy (non-hydrogen) atoms. The fourth-order valence-electron chi connectivity index (χ4n) is 4.46. The number of fused-ring (bicyclic) bond motifs is 1. The Morgan fingerprint density at radius 3 is 2.60 bits per heavy atom. The molecule has 0 aromatic heterocycles. The van der Waals surface area contributed by atoms with Gasteiger partial charge in [-0.3, -0.25) is 4.79 Å². The molecule has 160 valence electrons. The highest BCUT2D eigenvalue weighted by atomic mass is 32.2. The summed E-state index contributed by atoms with van der Waals surface area (Å²) in [4.78, 5) is 13.2. The number of nitrogens with one attached hydrogen (secondary N) is 1. The van der Waals surface area contributed by atoms with Gasteiger partial charge in [0.05, 0.1) is 24.0 Å². The molecular formula is C23H28N2O4S. The molecule has 0 spiro atoms. The van der Waals surface area contributed by atoms with Gasteiger partial charge < -0.3 is 10.1 Å². The van der Waals surface area contributed by atoms with Crippen molar-refractivity contribution >= 4 is 15.9 Å². The molecule has 1 heterocycles. The first-order valence-corrected chi connectivity index (χ1v) is 12.0. The topological polar surface area (TPSA) is 75.7 Å². The van der Waals surface area contributed by atoms with Crippen molar-refractivity contribution in [3.05, 3.63) is 59.7 Å². The molecule has 2 atom stereocenters. The standard InChI is InChI=1S/C23H28N2O4S/c1-29-19-11-13-20(14-12-19)30(27,28)25-15-5-8-18(16-25)23(26)24-22-10-4-7-17-6-2-3-9-21(17)22/h2-3,6,9,11-14,18,22H,4-5,7-8,10,15-16H2,1H3,(H,24,26)/t18-,22-/m1/s1. The summed E-state index contributed by atoms with van der Waals surface area (Å²) >= 11 is 0. The predicted molar refractivity (Wildman–Crippen MR) is 115 cm³/mol. The fraction of sp³-hybridized carbons (Fsp3) is 0.435. The van der Waals surface area contributed by atoms with Crippen molar-refractivity contribution in [3.63, 3.8) is 0 Å². The quantitative estimate of drug-likeness (QED) is 0.793. The normalized spacial score (nSPS) is 22.2. The number of benzene rings is 2. The van der Waals surface area contributed by atoms with Crippen LogP contribution < -0.4 is 10.1 Å². The molecule has 4 rings (SSSR count). The lowest BCUT2D eigenvalue weighted by atomic mass is 9.87. The predicted octanol–water partition coefficient (Wildman–Crippen LogP) is 3.29. The van der Waals surface area contributed by atoms with Gasteiger partial charge in [-0.05, 0) is 67.5 Å². The Bertz CT molecular complexity index is 1000. The number of piperidine rings is 1. The number of carbonyl (C=O) groups is 1. The molecule has 6 nitrogen and oxygen atoms in total. The Balaban J connectivity index is 1.45. The number of amides is 1. The average molecular weight is 429 g/mol. The first-order valence-electron chi connectivity index (χ1n) is 10.5. The van der Waals surface area contributed by atoms with Crippen LogP contribution in [0.3, 0.4) is 0 Å². The SMILES string of the molecule is COc1ccc(S(=O)(=O)N2CCC[C@@H](C(=O)N[C@@H]3CCCc4ccccc43)C2)cc1. The number of rotatable bonds is 5. The minimum absolute atomic E-state index is 0.0102. The molecule has 1 saturated heterocycles. The highest BCUT2D eigenvalue weighted by Gasteiger charge is 2.34. The van der Waals surface area contributed by atoms with Crippen LogP contribution in [-0.2, 0) is 21.2 Å². The molecule has 0 saturated carbocycles. The zero-order chi connectivity index (χ0) is 21.1. The van der Waals surface area contributed by atoms with E-state index >= 15 is 0 Å². The molecule has 0 unspecified atom stereocenters. The number of carbonyl (C=O) groups excluding carboxylic acids is 1. The van der Waals surface area contributed by atoms with Crippen molar-refractivity contribution in [2.45, 2.75) is 43.0 Å². The summed E-state index contributed by atoms with van der Waals surface area (Å²) in [6.07, 6.45) is 4.39. The van der Waals surface area contributed by atoms with Crippen LogP contribution in [0.15, 0.2) is 53.4 Å². The number of aryl methyl sites for hydroxylation is 1. The summed E-state index contributed by atoms with van der Waals surface area (Å²) in [5.41, 5.74) is 2.48. The Hall–Kier alpha value is -2.38. The first-order chi connectivity index (χ1) is 14.5. The van der Waals surface area contributed by atoms with Crippen LogP contribution in [0.2, 0.25) is 0 Å². The molecule has 1 fully saturated rings. The maximum atomic E-state index is 13.1. The average Bonchev–Trinajstić information content (AvgIpc) is 2.79. The number of hydrogen-bond acceptors (Lipinski definition) is 4. The van der Waals surface area contributed by atoms with Gasteiger partial charge >= 0.3 is 0 Å². The van der Waals surface area contributed by atoms with E-state index in [1.54, 1.807) is 31.4 Å². The molecule has 0 bridgehead atoms. The molecule has 2 aromatic carbocycles. The van der Waals surface area contributed by atoms with Crippen LogP contribution in [0.1, 0.15) is 42.9 Å². The first kappa shape index (κ1) is 20.9. The molecule has 2 aromatic rings. The smallest absolute Gasteiger partial charge is 0.243 e. The molecular weight excluding hydrogens is 400 g/mol. The van der Waals surface area contributed by atoms with Crippen molar-refractivity contribution in [1.29, 1.82) is 0 Å². The maximum Gasteiger partial charge on any atom is 0.243 e. The van der Waals surface area contributed by atoms with E-state index in [1.807, 2.05) is 12.1 Å². The largest absolute Gasteiger partial charge is 0.497 e. The van der Waals surface area contributed by atoms with Gasteiger partial charge in [0.2, 0.25) is 15.9 Å². The summed E-state index contributed by atoms with van der Waals surface area (Å²) < 4.78 is 32.7. The number of methoxy groups -OCH3 is 1. The zero-order valence-electron chi connectivity index (χ0n) is 17.2. The number of hydrogen-bond donors (Lipinski definition) is 1. The number of ether oxygens (including phenoxy) is 1. The van der Waals surface area contributed by atoms with Gasteiger partial charge in [-0.1, -0.05) is 24.3 Å². The third-order valence-electron chi connectivity index (χ3n) is 6.14. The second-order valence-electron chi connectivity index (χ2n) is 8.03. The number of nitrogens with zero attached hydrogens (tertiary/aromatic N) is 1. The van der Waals surface area contributed by atoms with Gasteiger partial charge in [-0.15, -0.1) is 0 Å². The summed E-state index contributed by atoms with van der Waals surface area (Å²) in [5, 5.41) is 3.19. The van der Waals surface area contributed by atoms with Crippen molar-refractivity contribution in [1.82, 2.24) is 9.62 Å². The van der Waals surface area contributed by atoms with Crippen molar-refractivity contribution in [2.24, 2.45) is 5.92 Å².